The molecule has 0 radical (unpaired) electrons. The number of halogens is 2. The van der Waals surface area contributed by atoms with Crippen LogP contribution in [0.3, 0.4) is 0 Å². The van der Waals surface area contributed by atoms with E-state index >= 15 is 0 Å². The molecule has 10 heavy (non-hydrogen) atoms. The molecule has 1 heterocycles. The van der Waals surface area contributed by atoms with Crippen molar-refractivity contribution >= 4 is 36.2 Å². The number of rotatable bonds is 0. The van der Waals surface area contributed by atoms with Gasteiger partial charge in [0.15, 0.2) is 0 Å². The van der Waals surface area contributed by atoms with Gasteiger partial charge in [-0.05, 0) is 6.04 Å². The Morgan fingerprint density at radius 1 is 1.30 bits per heavy atom. The average molecular weight is 185 g/mol. The Bertz CT molecular complexity index is 281. The van der Waals surface area contributed by atoms with Crippen LogP contribution in [-0.4, -0.2) is 4.98 Å². The minimum absolute atomic E-state index is 0. The van der Waals surface area contributed by atoms with Crippen LogP contribution in [0.1, 0.15) is 4.11 Å². The van der Waals surface area contributed by atoms with Crippen LogP contribution in [0.2, 0.25) is 0 Å². The SMILES string of the molecule is Cl.Cl.[2H]c1nc([2H])c(N)c(N)c1[2H]. The number of nitrogens with zero attached hydrogens (tertiary/aromatic N) is 1. The first-order chi connectivity index (χ1) is 5.04. The fraction of sp³-hybridized carbons (Fsp3) is 0. The summed E-state index contributed by atoms with van der Waals surface area (Å²) < 4.78 is 21.3. The van der Waals surface area contributed by atoms with Crippen LogP contribution in [0.25, 0.3) is 0 Å². The van der Waals surface area contributed by atoms with E-state index in [1.54, 1.807) is 0 Å². The average Bonchev–Trinajstić information content (AvgIpc) is 1.97. The first kappa shape index (κ1) is 6.07. The molecular weight excluding hydrogens is 173 g/mol. The summed E-state index contributed by atoms with van der Waals surface area (Å²) in [5.74, 6) is 0. The molecule has 0 aliphatic carbocycles. The van der Waals surface area contributed by atoms with E-state index in [0.29, 0.717) is 0 Å². The van der Waals surface area contributed by atoms with Crippen LogP contribution >= 0.6 is 24.8 Å². The van der Waals surface area contributed by atoms with Gasteiger partial charge in [-0.3, -0.25) is 4.98 Å². The molecule has 0 bridgehead atoms. The third-order valence-corrected chi connectivity index (χ3v) is 0.713. The maximum Gasteiger partial charge on any atom is 0.0863 e. The highest BCUT2D eigenvalue weighted by Crippen LogP contribution is 2.08. The summed E-state index contributed by atoms with van der Waals surface area (Å²) in [4.78, 5) is 3.37. The molecule has 58 valence electrons. The van der Waals surface area contributed by atoms with E-state index in [1.165, 1.54) is 0 Å². The molecule has 1 rings (SSSR count). The number of aromatic nitrogens is 1. The molecule has 0 saturated carbocycles. The molecule has 0 aliphatic heterocycles. The second kappa shape index (κ2) is 5.14. The van der Waals surface area contributed by atoms with Crippen LogP contribution in [0.5, 0.6) is 0 Å². The third kappa shape index (κ3) is 2.75. The van der Waals surface area contributed by atoms with Crippen molar-refractivity contribution in [3.8, 4) is 0 Å². The van der Waals surface area contributed by atoms with Crippen molar-refractivity contribution in [2.24, 2.45) is 0 Å². The highest BCUT2D eigenvalue weighted by molar-refractivity contribution is 5.85. The van der Waals surface area contributed by atoms with Crippen molar-refractivity contribution in [1.29, 1.82) is 0 Å². The molecule has 0 unspecified atom stereocenters. The van der Waals surface area contributed by atoms with Crippen molar-refractivity contribution in [3.05, 3.63) is 18.4 Å². The molecule has 4 N–H and O–H groups in total. The molecule has 1 aromatic rings. The fourth-order valence-corrected chi connectivity index (χ4v) is 0.304. The maximum atomic E-state index is 7.14. The number of anilines is 2. The van der Waals surface area contributed by atoms with Crippen molar-refractivity contribution in [2.75, 3.05) is 11.5 Å². The van der Waals surface area contributed by atoms with E-state index in [0.717, 1.165) is 0 Å². The lowest BCUT2D eigenvalue weighted by Gasteiger charge is -1.93. The lowest BCUT2D eigenvalue weighted by Crippen LogP contribution is -1.93. The predicted octanol–water partition coefficient (Wildman–Crippen LogP) is 1.09. The van der Waals surface area contributed by atoms with E-state index < -0.39 is 0 Å². The molecule has 5 heteroatoms. The van der Waals surface area contributed by atoms with Gasteiger partial charge in [0.25, 0.3) is 0 Å². The van der Waals surface area contributed by atoms with Gasteiger partial charge < -0.3 is 11.5 Å². The van der Waals surface area contributed by atoms with E-state index in [-0.39, 0.29) is 54.6 Å². The van der Waals surface area contributed by atoms with Gasteiger partial charge >= 0.3 is 0 Å². The van der Waals surface area contributed by atoms with Crippen molar-refractivity contribution in [1.82, 2.24) is 4.98 Å². The van der Waals surface area contributed by atoms with Gasteiger partial charge in [0.2, 0.25) is 0 Å². The van der Waals surface area contributed by atoms with Crippen LogP contribution in [-0.2, 0) is 0 Å². The summed E-state index contributed by atoms with van der Waals surface area (Å²) in [5, 5.41) is 0. The molecule has 0 aromatic carbocycles. The molecule has 0 saturated heterocycles. The fourth-order valence-electron chi connectivity index (χ4n) is 0.304. The highest BCUT2D eigenvalue weighted by Gasteiger charge is 1.86. The summed E-state index contributed by atoms with van der Waals surface area (Å²) in [6, 6.07) is -0.224. The molecule has 0 fully saturated rings. The molecule has 0 amide bonds. The first-order valence-corrected chi connectivity index (χ1v) is 2.02. The van der Waals surface area contributed by atoms with E-state index in [2.05, 4.69) is 4.98 Å². The normalized spacial score (nSPS) is 11.4. The van der Waals surface area contributed by atoms with Crippen molar-refractivity contribution < 1.29 is 4.11 Å². The van der Waals surface area contributed by atoms with Gasteiger partial charge in [0.05, 0.1) is 21.7 Å². The topological polar surface area (TPSA) is 64.9 Å². The van der Waals surface area contributed by atoms with Gasteiger partial charge in [-0.15, -0.1) is 24.8 Å². The van der Waals surface area contributed by atoms with Gasteiger partial charge in [0, 0.05) is 6.17 Å². The van der Waals surface area contributed by atoms with Gasteiger partial charge in [-0.2, -0.15) is 0 Å². The number of pyridine rings is 1. The Morgan fingerprint density at radius 2 is 1.90 bits per heavy atom. The molecule has 1 aromatic heterocycles. The van der Waals surface area contributed by atoms with Crippen LogP contribution in [0.4, 0.5) is 11.4 Å². The van der Waals surface area contributed by atoms with Crippen LogP contribution in [0.15, 0.2) is 18.4 Å². The zero-order valence-corrected chi connectivity index (χ0v) is 6.55. The summed E-state index contributed by atoms with van der Waals surface area (Å²) >= 11 is 0. The summed E-state index contributed by atoms with van der Waals surface area (Å²) in [7, 11) is 0. The zero-order chi connectivity index (χ0) is 8.59. The number of hydrogen-bond donors (Lipinski definition) is 2. The lowest BCUT2D eigenvalue weighted by molar-refractivity contribution is 1.34. The second-order valence-electron chi connectivity index (χ2n) is 1.29. The molecule has 0 spiro atoms. The smallest absolute Gasteiger partial charge is 0.0863 e. The summed E-state index contributed by atoms with van der Waals surface area (Å²) in [5.41, 5.74) is 10.5. The lowest BCUT2D eigenvalue weighted by atomic mass is 10.4. The molecule has 0 aliphatic rings. The standard InChI is InChI=1S/C5H7N3.2ClH/c6-4-1-2-8-3-5(4)7;;/h1-3H,7H2,(H2,6,8);2*1H/i1D,2D,3D;;. The van der Waals surface area contributed by atoms with Crippen LogP contribution in [0, 0.1) is 0 Å². The largest absolute Gasteiger partial charge is 0.397 e. The summed E-state index contributed by atoms with van der Waals surface area (Å²) in [6.07, 6.45) is -0.565. The van der Waals surface area contributed by atoms with Crippen molar-refractivity contribution in [2.45, 2.75) is 0 Å². The maximum absolute atomic E-state index is 7.14. The minimum atomic E-state index is -0.318. The van der Waals surface area contributed by atoms with E-state index in [1.807, 2.05) is 0 Å². The monoisotopic (exact) mass is 184 g/mol. The number of nitrogens with two attached hydrogens (primary N) is 2. The summed E-state index contributed by atoms with van der Waals surface area (Å²) in [6.45, 7) is 0. The molecule has 0 atom stereocenters. The Kier molecular flexibility index (Phi) is 3.12. The van der Waals surface area contributed by atoms with E-state index in [9.17, 15) is 0 Å². The first-order valence-electron chi connectivity index (χ1n) is 3.52. The Labute approximate surface area is 75.9 Å². The van der Waals surface area contributed by atoms with Gasteiger partial charge in [-0.1, -0.05) is 0 Å². The molecular formula is C5H9Cl2N3. The quantitative estimate of drug-likeness (QED) is 0.635. The predicted molar refractivity (Wildman–Crippen MR) is 47.6 cm³/mol. The second-order valence-corrected chi connectivity index (χ2v) is 1.29. The zero-order valence-electron chi connectivity index (χ0n) is 7.92. The Balaban J connectivity index is 0. The highest BCUT2D eigenvalue weighted by atomic mass is 35.5. The molecule has 3 nitrogen and oxygen atoms in total. The van der Waals surface area contributed by atoms with E-state index in [4.69, 9.17) is 15.6 Å². The number of hydrogen-bond acceptors (Lipinski definition) is 3. The van der Waals surface area contributed by atoms with Crippen molar-refractivity contribution in [3.63, 3.8) is 0 Å². The van der Waals surface area contributed by atoms with Crippen LogP contribution < -0.4 is 11.5 Å². The number of nitrogen functional groups attached to an aromatic ring is 2. The van der Waals surface area contributed by atoms with Gasteiger partial charge in [-0.25, -0.2) is 0 Å². The van der Waals surface area contributed by atoms with Gasteiger partial charge in [0.1, 0.15) is 0 Å². The Hall–Kier alpha value is -0.670. The minimum Gasteiger partial charge on any atom is -0.397 e. The third-order valence-electron chi connectivity index (χ3n) is 0.713. The Morgan fingerprint density at radius 3 is 2.50 bits per heavy atom.